The fourth-order valence-electron chi connectivity index (χ4n) is 6.27. The number of nitrogens with one attached hydrogen (secondary N) is 2. The van der Waals surface area contributed by atoms with Crippen LogP contribution in [0.15, 0.2) is 142 Å². The van der Waals surface area contributed by atoms with Gasteiger partial charge in [0.25, 0.3) is 0 Å². The summed E-state index contributed by atoms with van der Waals surface area (Å²) in [5, 5.41) is 31.4. The van der Waals surface area contributed by atoms with Crippen LogP contribution in [0.25, 0.3) is 33.4 Å². The van der Waals surface area contributed by atoms with Gasteiger partial charge in [-0.15, -0.1) is 11.5 Å². The molecule has 332 valence electrons. The molecule has 0 amide bonds. The molecule has 1 aromatic heterocycles. The Balaban J connectivity index is 0.000000244. The highest BCUT2D eigenvalue weighted by Gasteiger charge is 2.20. The summed E-state index contributed by atoms with van der Waals surface area (Å²) in [4.78, 5) is 4.36. The van der Waals surface area contributed by atoms with Crippen molar-refractivity contribution in [2.45, 2.75) is 16.3 Å². The van der Waals surface area contributed by atoms with Crippen molar-refractivity contribution in [1.82, 2.24) is 24.4 Å². The smallest absolute Gasteiger partial charge is 0.242 e. The molecule has 0 aliphatic carbocycles. The summed E-state index contributed by atoms with van der Waals surface area (Å²) < 4.78 is 57.3. The van der Waals surface area contributed by atoms with Crippen molar-refractivity contribution in [2.24, 2.45) is 5.11 Å². The van der Waals surface area contributed by atoms with Crippen molar-refractivity contribution < 1.29 is 22.4 Å². The van der Waals surface area contributed by atoms with E-state index < -0.39 is 20.0 Å². The van der Waals surface area contributed by atoms with E-state index in [1.165, 1.54) is 0 Å². The van der Waals surface area contributed by atoms with Crippen LogP contribution >= 0.6 is 0 Å². The van der Waals surface area contributed by atoms with Crippen LogP contribution in [0, 0.1) is 58.7 Å². The van der Waals surface area contributed by atoms with E-state index in [0.29, 0.717) is 27.7 Å². The first-order valence-corrected chi connectivity index (χ1v) is 22.3. The van der Waals surface area contributed by atoms with Gasteiger partial charge in [-0.1, -0.05) is 71.5 Å². The number of nitrogens with zero attached hydrogens (tertiary/aromatic N) is 8. The van der Waals surface area contributed by atoms with Gasteiger partial charge in [-0.3, -0.25) is 0 Å². The van der Waals surface area contributed by atoms with Crippen molar-refractivity contribution in [3.05, 3.63) is 150 Å². The molecule has 6 aromatic carbocycles. The topological polar surface area (TPSA) is 249 Å². The van der Waals surface area contributed by atoms with Crippen LogP contribution < -0.4 is 24.8 Å². The molecule has 0 unspecified atom stereocenters. The number of hydrogen-bond donors (Lipinski definition) is 3. The van der Waals surface area contributed by atoms with Gasteiger partial charge in [-0.05, 0) is 77.9 Å². The zero-order valence-electron chi connectivity index (χ0n) is 36.3. The van der Waals surface area contributed by atoms with Crippen molar-refractivity contribution in [3.8, 4) is 53.9 Å². The normalized spacial score (nSPS) is 10.3. The average Bonchev–Trinajstić information content (AvgIpc) is 3.80. The molecule has 16 nitrogen and oxygen atoms in total. The van der Waals surface area contributed by atoms with Crippen LogP contribution in [-0.4, -0.2) is 66.6 Å². The Kier molecular flexibility index (Phi) is 17.8. The standard InChI is InChI=1S/C24H20N6O2S.C15H16N2O2S.C9H5N3.H2N/c1-29(2)23-9-3-8-22-21(23)7-4-10-24(22)33(31,32)26-16-19-17-30(28-27-19)20-13-11-18(12-14-20)6-5-15-25;1-4-11-16-20(18,19)15-10-6-7-12-13(15)8-5-9-14(12)17(2)3;10-7-1-2-8-3-5-9(12-11)6-4-8;/h3-4,7-14,17,26H,16H2,1-2H3;1,5-10,16H,11H2,2-3H3;3-6,11H;1H2/q;;;-1/p+1. The number of hydrogen-bond acceptors (Lipinski definition) is 11. The summed E-state index contributed by atoms with van der Waals surface area (Å²) >= 11 is 0. The summed E-state index contributed by atoms with van der Waals surface area (Å²) in [6.45, 7) is -0.0239. The molecule has 1 heterocycles. The SMILES string of the molecule is C#CCNS(=O)(=O)c1cccc2c(N(C)C)cccc12.CN(C)c1cccc2c(S(=O)(=O)NCc3cn(-c4ccc(C#CC#N)cc4)nn3)cccc12.N#CC#Cc1ccc(N=[NH2+])cc1.[NH2-]. The minimum absolute atomic E-state index is 0. The molecule has 6 N–H and O–H groups in total. The van der Waals surface area contributed by atoms with E-state index >= 15 is 0 Å². The third-order valence-electron chi connectivity index (χ3n) is 9.28. The lowest BCUT2D eigenvalue weighted by Crippen LogP contribution is -2.24. The van der Waals surface area contributed by atoms with Gasteiger partial charge in [-0.2, -0.15) is 20.8 Å². The molecular weight excluding hydrogens is 873 g/mol. The maximum absolute atomic E-state index is 13.1. The molecule has 0 saturated carbocycles. The third-order valence-corrected chi connectivity index (χ3v) is 12.2. The zero-order valence-corrected chi connectivity index (χ0v) is 37.9. The van der Waals surface area contributed by atoms with E-state index in [1.54, 1.807) is 108 Å². The third kappa shape index (κ3) is 12.9. The summed E-state index contributed by atoms with van der Waals surface area (Å²) in [6, 6.07) is 39.3. The van der Waals surface area contributed by atoms with E-state index in [4.69, 9.17) is 22.5 Å². The number of terminal acetylenes is 1. The average molecular weight is 917 g/mol. The van der Waals surface area contributed by atoms with Gasteiger partial charge in [0.05, 0.1) is 40.5 Å². The molecule has 7 rings (SSSR count). The molecule has 0 saturated heterocycles. The molecule has 66 heavy (non-hydrogen) atoms. The predicted octanol–water partition coefficient (Wildman–Crippen LogP) is 5.78. The molecule has 0 bridgehead atoms. The van der Waals surface area contributed by atoms with Crippen LogP contribution in [0.1, 0.15) is 16.8 Å². The molecule has 0 aliphatic rings. The largest absolute Gasteiger partial charge is 0.693 e. The summed E-state index contributed by atoms with van der Waals surface area (Å²) in [7, 11) is 0.302. The van der Waals surface area contributed by atoms with Gasteiger partial charge >= 0.3 is 0 Å². The highest BCUT2D eigenvalue weighted by molar-refractivity contribution is 7.90. The quantitative estimate of drug-likeness (QED) is 0.104. The zero-order chi connectivity index (χ0) is 47.0. The summed E-state index contributed by atoms with van der Waals surface area (Å²) in [6.07, 6.45) is 6.77. The number of fused-ring (bicyclic) bond motifs is 2. The monoisotopic (exact) mass is 916 g/mol. The fourth-order valence-corrected chi connectivity index (χ4v) is 8.65. The lowest BCUT2D eigenvalue weighted by Gasteiger charge is -2.17. The summed E-state index contributed by atoms with van der Waals surface area (Å²) in [5.41, 5.74) is 10.3. The van der Waals surface area contributed by atoms with Crippen LogP contribution in [0.4, 0.5) is 17.1 Å². The maximum Gasteiger partial charge on any atom is 0.242 e. The fraction of sp³-hybridized carbons (Fsp3) is 0.125. The molecule has 0 spiro atoms. The van der Waals surface area contributed by atoms with E-state index in [0.717, 1.165) is 33.4 Å². The van der Waals surface area contributed by atoms with Crippen molar-refractivity contribution in [2.75, 3.05) is 44.5 Å². The highest BCUT2D eigenvalue weighted by atomic mass is 32.2. The number of anilines is 2. The maximum atomic E-state index is 13.1. The lowest BCUT2D eigenvalue weighted by molar-refractivity contribution is -0.210. The van der Waals surface area contributed by atoms with Gasteiger partial charge in [0.2, 0.25) is 20.0 Å². The second kappa shape index (κ2) is 23.3. The van der Waals surface area contributed by atoms with Crippen molar-refractivity contribution in [1.29, 1.82) is 10.5 Å². The Hall–Kier alpha value is -8.38. The molecule has 18 heteroatoms. The van der Waals surface area contributed by atoms with Gasteiger partial charge in [0.15, 0.2) is 12.1 Å². The van der Waals surface area contributed by atoms with Gasteiger partial charge < -0.3 is 16.0 Å². The minimum atomic E-state index is -3.78. The highest BCUT2D eigenvalue weighted by Crippen LogP contribution is 2.31. The predicted molar refractivity (Wildman–Crippen MR) is 257 cm³/mol. The Morgan fingerprint density at radius 1 is 0.667 bits per heavy atom. The number of benzene rings is 6. The molecule has 0 aliphatic heterocycles. The van der Waals surface area contributed by atoms with E-state index in [-0.39, 0.29) is 29.0 Å². The second-order valence-corrected chi connectivity index (χ2v) is 17.5. The van der Waals surface area contributed by atoms with E-state index in [9.17, 15) is 16.8 Å². The van der Waals surface area contributed by atoms with E-state index in [2.05, 4.69) is 54.5 Å². The number of aromatic nitrogens is 3. The number of sulfonamides is 2. The first-order chi connectivity index (χ1) is 31.2. The number of rotatable bonds is 11. The molecule has 0 fully saturated rings. The lowest BCUT2D eigenvalue weighted by atomic mass is 10.1. The van der Waals surface area contributed by atoms with Crippen LogP contribution in [-0.2, 0) is 26.6 Å². The molecular formula is C48H44N12O4S2. The van der Waals surface area contributed by atoms with Crippen molar-refractivity contribution >= 4 is 58.7 Å². The van der Waals surface area contributed by atoms with Gasteiger partial charge in [-0.25, -0.2) is 26.2 Å². The van der Waals surface area contributed by atoms with Crippen LogP contribution in [0.3, 0.4) is 0 Å². The molecule has 0 atom stereocenters. The van der Waals surface area contributed by atoms with Gasteiger partial charge in [0.1, 0.15) is 5.69 Å². The van der Waals surface area contributed by atoms with Gasteiger partial charge in [0, 0.05) is 84.1 Å². The van der Waals surface area contributed by atoms with E-state index in [1.807, 2.05) is 74.4 Å². The van der Waals surface area contributed by atoms with Crippen LogP contribution in [0.5, 0.6) is 0 Å². The molecule has 7 aromatic rings. The molecule has 0 radical (unpaired) electrons. The summed E-state index contributed by atoms with van der Waals surface area (Å²) in [5.74, 6) is 12.3. The Bertz CT molecular complexity index is 3330. The Labute approximate surface area is 384 Å². The van der Waals surface area contributed by atoms with Crippen molar-refractivity contribution in [3.63, 3.8) is 0 Å². The Morgan fingerprint density at radius 3 is 1.58 bits per heavy atom. The number of nitrogens with two attached hydrogens (primary N) is 2. The first-order valence-electron chi connectivity index (χ1n) is 19.4. The van der Waals surface area contributed by atoms with Crippen LogP contribution in [0.2, 0.25) is 0 Å². The number of nitriles is 2. The Morgan fingerprint density at radius 2 is 1.12 bits per heavy atom. The first kappa shape index (κ1) is 50.3. The second-order valence-electron chi connectivity index (χ2n) is 14.0. The minimum Gasteiger partial charge on any atom is -0.693 e.